The van der Waals surface area contributed by atoms with E-state index in [9.17, 15) is 0 Å². The molecule has 9 heteroatoms. The molecule has 3 heterocycles. The highest BCUT2D eigenvalue weighted by molar-refractivity contribution is 7.98. The third kappa shape index (κ3) is 3.14. The summed E-state index contributed by atoms with van der Waals surface area (Å²) >= 11 is 3.12. The highest BCUT2D eigenvalue weighted by Gasteiger charge is 2.13. The van der Waals surface area contributed by atoms with E-state index in [-0.39, 0.29) is 0 Å². The van der Waals surface area contributed by atoms with Crippen molar-refractivity contribution in [2.24, 2.45) is 5.73 Å². The van der Waals surface area contributed by atoms with Crippen molar-refractivity contribution in [2.45, 2.75) is 24.4 Å². The lowest BCUT2D eigenvalue weighted by molar-refractivity contribution is 0.425. The molecule has 0 spiro atoms. The zero-order chi connectivity index (χ0) is 14.7. The van der Waals surface area contributed by atoms with E-state index in [2.05, 4.69) is 20.3 Å². The molecule has 2 N–H and O–H groups in total. The lowest BCUT2D eigenvalue weighted by atomic mass is 10.3. The van der Waals surface area contributed by atoms with E-state index in [0.717, 1.165) is 16.5 Å². The maximum atomic E-state index is 5.60. The van der Waals surface area contributed by atoms with Crippen molar-refractivity contribution in [2.75, 3.05) is 6.54 Å². The highest BCUT2D eigenvalue weighted by atomic mass is 32.2. The highest BCUT2D eigenvalue weighted by Crippen LogP contribution is 2.23. The summed E-state index contributed by atoms with van der Waals surface area (Å²) in [6.45, 7) is 3.17. The molecule has 0 bridgehead atoms. The predicted octanol–water partition coefficient (Wildman–Crippen LogP) is 1.95. The Bertz CT molecular complexity index is 705. The van der Waals surface area contributed by atoms with Gasteiger partial charge in [0.15, 0.2) is 11.0 Å². The van der Waals surface area contributed by atoms with Gasteiger partial charge in [0.25, 0.3) is 5.89 Å². The summed E-state index contributed by atoms with van der Waals surface area (Å²) in [5, 5.41) is 17.0. The number of nitrogens with two attached hydrogens (primary N) is 1. The first-order chi connectivity index (χ1) is 10.3. The minimum absolute atomic E-state index is 0.548. The van der Waals surface area contributed by atoms with Crippen LogP contribution in [0.2, 0.25) is 0 Å². The summed E-state index contributed by atoms with van der Waals surface area (Å²) in [5.41, 5.74) is 6.55. The standard InChI is InChI=1S/C12H14N6OS2/c1-8-15-16-12(18(8)4-3-13)21-7-10-14-11(19-17-10)9-2-5-20-6-9/h2,5-6H,3-4,7,13H2,1H3. The van der Waals surface area contributed by atoms with Crippen molar-refractivity contribution in [3.05, 3.63) is 28.5 Å². The molecule has 0 unspecified atom stereocenters. The van der Waals surface area contributed by atoms with Crippen LogP contribution in [-0.4, -0.2) is 31.4 Å². The van der Waals surface area contributed by atoms with Crippen LogP contribution in [0.15, 0.2) is 26.5 Å². The Morgan fingerprint density at radius 3 is 3.10 bits per heavy atom. The molecule has 0 aliphatic carbocycles. The first-order valence-corrected chi connectivity index (χ1v) is 8.28. The monoisotopic (exact) mass is 322 g/mol. The Hall–Kier alpha value is -1.71. The molecule has 0 aliphatic heterocycles. The van der Waals surface area contributed by atoms with Gasteiger partial charge in [-0.25, -0.2) is 0 Å². The number of rotatable bonds is 6. The van der Waals surface area contributed by atoms with Gasteiger partial charge in [0, 0.05) is 18.5 Å². The summed E-state index contributed by atoms with van der Waals surface area (Å²) in [4.78, 5) is 4.38. The Balaban J connectivity index is 1.68. The van der Waals surface area contributed by atoms with Crippen LogP contribution in [0.5, 0.6) is 0 Å². The number of nitrogens with zero attached hydrogens (tertiary/aromatic N) is 5. The van der Waals surface area contributed by atoms with Crippen LogP contribution < -0.4 is 5.73 Å². The number of thioether (sulfide) groups is 1. The second-order valence-corrected chi connectivity index (χ2v) is 6.01. The molecule has 0 aliphatic rings. The summed E-state index contributed by atoms with van der Waals surface area (Å²) in [6, 6.07) is 1.95. The van der Waals surface area contributed by atoms with E-state index in [1.54, 1.807) is 11.3 Å². The summed E-state index contributed by atoms with van der Waals surface area (Å²) in [7, 11) is 0. The molecule has 0 amide bonds. The molecule has 0 atom stereocenters. The molecule has 0 aromatic carbocycles. The van der Waals surface area contributed by atoms with Crippen molar-refractivity contribution >= 4 is 23.1 Å². The fraction of sp³-hybridized carbons (Fsp3) is 0.333. The molecule has 0 saturated carbocycles. The quantitative estimate of drug-likeness (QED) is 0.693. The van der Waals surface area contributed by atoms with E-state index in [1.807, 2.05) is 28.3 Å². The third-order valence-electron chi connectivity index (χ3n) is 2.82. The molecule has 3 aromatic heterocycles. The second kappa shape index (κ2) is 6.37. The van der Waals surface area contributed by atoms with E-state index in [1.165, 1.54) is 11.8 Å². The molecule has 110 valence electrons. The number of hydrogen-bond donors (Lipinski definition) is 1. The summed E-state index contributed by atoms with van der Waals surface area (Å²) < 4.78 is 7.24. The van der Waals surface area contributed by atoms with E-state index in [4.69, 9.17) is 10.3 Å². The van der Waals surface area contributed by atoms with Crippen molar-refractivity contribution < 1.29 is 4.52 Å². The van der Waals surface area contributed by atoms with Crippen molar-refractivity contribution in [3.63, 3.8) is 0 Å². The van der Waals surface area contributed by atoms with Gasteiger partial charge in [0.1, 0.15) is 5.82 Å². The van der Waals surface area contributed by atoms with E-state index in [0.29, 0.717) is 30.6 Å². The normalized spacial score (nSPS) is 11.1. The van der Waals surface area contributed by atoms with Crippen molar-refractivity contribution in [1.82, 2.24) is 24.9 Å². The van der Waals surface area contributed by atoms with Crippen LogP contribution in [0.25, 0.3) is 11.5 Å². The fourth-order valence-corrected chi connectivity index (χ4v) is 3.28. The van der Waals surface area contributed by atoms with Gasteiger partial charge in [-0.1, -0.05) is 16.9 Å². The van der Waals surface area contributed by atoms with Gasteiger partial charge in [-0.05, 0) is 18.4 Å². The van der Waals surface area contributed by atoms with Gasteiger partial charge in [-0.3, -0.25) is 0 Å². The minimum Gasteiger partial charge on any atom is -0.334 e. The number of thiophene rings is 1. The van der Waals surface area contributed by atoms with Crippen LogP contribution in [0.4, 0.5) is 0 Å². The van der Waals surface area contributed by atoms with Gasteiger partial charge in [0.2, 0.25) is 0 Å². The Kier molecular flexibility index (Phi) is 4.32. The molecular weight excluding hydrogens is 308 g/mol. The van der Waals surface area contributed by atoms with Crippen LogP contribution in [0.1, 0.15) is 11.6 Å². The minimum atomic E-state index is 0.548. The van der Waals surface area contributed by atoms with Crippen LogP contribution in [0.3, 0.4) is 0 Å². The maximum Gasteiger partial charge on any atom is 0.258 e. The molecule has 21 heavy (non-hydrogen) atoms. The molecule has 7 nitrogen and oxygen atoms in total. The SMILES string of the molecule is Cc1nnc(SCc2noc(-c3ccsc3)n2)n1CCN. The Morgan fingerprint density at radius 1 is 1.43 bits per heavy atom. The third-order valence-corrected chi connectivity index (χ3v) is 4.47. The molecule has 0 radical (unpaired) electrons. The van der Waals surface area contributed by atoms with E-state index >= 15 is 0 Å². The first kappa shape index (κ1) is 14.2. The van der Waals surface area contributed by atoms with Gasteiger partial charge >= 0.3 is 0 Å². The average molecular weight is 322 g/mol. The van der Waals surface area contributed by atoms with Gasteiger partial charge in [-0.15, -0.1) is 10.2 Å². The van der Waals surface area contributed by atoms with Gasteiger partial charge in [-0.2, -0.15) is 16.3 Å². The Morgan fingerprint density at radius 2 is 2.33 bits per heavy atom. The number of aromatic nitrogens is 5. The molecule has 0 saturated heterocycles. The first-order valence-electron chi connectivity index (χ1n) is 6.35. The van der Waals surface area contributed by atoms with Crippen molar-refractivity contribution in [1.29, 1.82) is 0 Å². The largest absolute Gasteiger partial charge is 0.334 e. The summed E-state index contributed by atoms with van der Waals surface area (Å²) in [5.74, 6) is 2.62. The lowest BCUT2D eigenvalue weighted by Gasteiger charge is -2.04. The zero-order valence-corrected chi connectivity index (χ0v) is 13.0. The number of hydrogen-bond acceptors (Lipinski definition) is 8. The second-order valence-electron chi connectivity index (χ2n) is 4.29. The molecule has 3 rings (SSSR count). The molecule has 3 aromatic rings. The van der Waals surface area contributed by atoms with Gasteiger partial charge in [0.05, 0.1) is 11.3 Å². The predicted molar refractivity (Wildman–Crippen MR) is 81.0 cm³/mol. The number of aryl methyl sites for hydroxylation is 1. The maximum absolute atomic E-state index is 5.60. The van der Waals surface area contributed by atoms with E-state index < -0.39 is 0 Å². The Labute approximate surface area is 129 Å². The van der Waals surface area contributed by atoms with Crippen LogP contribution in [0, 0.1) is 6.92 Å². The molecular formula is C12H14N6OS2. The average Bonchev–Trinajstić information content (AvgIpc) is 3.19. The fourth-order valence-electron chi connectivity index (χ4n) is 1.80. The van der Waals surface area contributed by atoms with Crippen molar-refractivity contribution in [3.8, 4) is 11.5 Å². The smallest absolute Gasteiger partial charge is 0.258 e. The van der Waals surface area contributed by atoms with Crippen LogP contribution >= 0.6 is 23.1 Å². The van der Waals surface area contributed by atoms with Crippen LogP contribution in [-0.2, 0) is 12.3 Å². The van der Waals surface area contributed by atoms with Gasteiger partial charge < -0.3 is 14.8 Å². The summed E-state index contributed by atoms with van der Waals surface area (Å²) in [6.07, 6.45) is 0. The topological polar surface area (TPSA) is 95.6 Å². The zero-order valence-electron chi connectivity index (χ0n) is 11.4. The molecule has 0 fully saturated rings. The lowest BCUT2D eigenvalue weighted by Crippen LogP contribution is -2.12.